The Balaban J connectivity index is 1.69. The number of Topliss-reactive ketones (excluding diaryl/α,β-unsaturated/α-hetero) is 1. The molecule has 0 amide bonds. The fourth-order valence-corrected chi connectivity index (χ4v) is 3.34. The van der Waals surface area contributed by atoms with Gasteiger partial charge in [0.05, 0.1) is 11.7 Å². The molecule has 0 fully saturated rings. The average Bonchev–Trinajstić information content (AvgIpc) is 2.77. The van der Waals surface area contributed by atoms with E-state index in [2.05, 4.69) is 16.8 Å². The molecule has 0 aliphatic carbocycles. The molecule has 32 heavy (non-hydrogen) atoms. The number of likely N-dealkylation sites (N-methyl/N-ethyl adjacent to an activating group) is 1. The van der Waals surface area contributed by atoms with Crippen LogP contribution in [0.3, 0.4) is 0 Å². The first-order valence-corrected chi connectivity index (χ1v) is 10.7. The topological polar surface area (TPSA) is 79.5 Å². The number of hydrogen-bond donors (Lipinski definition) is 2. The maximum Gasteiger partial charge on any atom is 0.162 e. The monoisotopic (exact) mass is 447 g/mol. The Morgan fingerprint density at radius 2 is 1.78 bits per heavy atom. The van der Waals surface area contributed by atoms with Gasteiger partial charge in [0, 0.05) is 40.9 Å². The normalized spacial score (nSPS) is 11.7. The number of anilines is 1. The molecule has 3 rings (SSSR count). The van der Waals surface area contributed by atoms with E-state index in [1.165, 1.54) is 0 Å². The molecule has 164 valence electrons. The van der Waals surface area contributed by atoms with Gasteiger partial charge < -0.3 is 15.7 Å². The lowest BCUT2D eigenvalue weighted by Crippen LogP contribution is -2.26. The summed E-state index contributed by atoms with van der Waals surface area (Å²) in [6, 6.07) is 16.5. The van der Waals surface area contributed by atoms with E-state index in [1.54, 1.807) is 18.3 Å². The first-order chi connectivity index (χ1) is 15.3. The number of aliphatic hydroxyl groups excluding tert-OH is 1. The summed E-state index contributed by atoms with van der Waals surface area (Å²) >= 11 is 5.96. The quantitative estimate of drug-likeness (QED) is 0.417. The fraction of sp³-hybridized carbons (Fsp3) is 0.231. The standard InChI is InChI=1S/C26H26ClN3O2/c1-30(2)17-24(31)13-14-25(32)20-6-3-18(4-7-20)5-8-21-15-22(16-29-26(21)28)19-9-11-23(27)12-10-19/h3-4,6-7,9-12,15-16,24,31H,13-14,17H2,1-2H3,(H2,28,29). The van der Waals surface area contributed by atoms with Gasteiger partial charge >= 0.3 is 0 Å². The Hall–Kier alpha value is -3.17. The highest BCUT2D eigenvalue weighted by molar-refractivity contribution is 6.30. The van der Waals surface area contributed by atoms with Crippen LogP contribution >= 0.6 is 11.6 Å². The molecule has 1 unspecified atom stereocenters. The highest BCUT2D eigenvalue weighted by Crippen LogP contribution is 2.23. The number of nitrogens with two attached hydrogens (primary N) is 1. The van der Waals surface area contributed by atoms with Crippen LogP contribution in [0.5, 0.6) is 0 Å². The lowest BCUT2D eigenvalue weighted by Gasteiger charge is -2.15. The maximum atomic E-state index is 12.4. The molecule has 0 saturated carbocycles. The second-order valence-electron chi connectivity index (χ2n) is 7.87. The van der Waals surface area contributed by atoms with Crippen molar-refractivity contribution in [1.82, 2.24) is 9.88 Å². The van der Waals surface area contributed by atoms with Crippen LogP contribution in [-0.2, 0) is 0 Å². The van der Waals surface area contributed by atoms with Crippen molar-refractivity contribution < 1.29 is 9.90 Å². The SMILES string of the molecule is CN(C)CC(O)CCC(=O)c1ccc(C#Cc2cc(-c3ccc(Cl)cc3)cnc2N)cc1. The van der Waals surface area contributed by atoms with E-state index in [4.69, 9.17) is 17.3 Å². The van der Waals surface area contributed by atoms with Gasteiger partial charge in [-0.05, 0) is 56.4 Å². The van der Waals surface area contributed by atoms with Crippen molar-refractivity contribution in [2.75, 3.05) is 26.4 Å². The van der Waals surface area contributed by atoms with Gasteiger partial charge in [0.25, 0.3) is 0 Å². The van der Waals surface area contributed by atoms with Crippen molar-refractivity contribution in [3.8, 4) is 23.0 Å². The minimum absolute atomic E-state index is 0.00595. The van der Waals surface area contributed by atoms with Gasteiger partial charge in [-0.1, -0.05) is 47.7 Å². The summed E-state index contributed by atoms with van der Waals surface area (Å²) in [4.78, 5) is 18.5. The second-order valence-corrected chi connectivity index (χ2v) is 8.31. The summed E-state index contributed by atoms with van der Waals surface area (Å²) in [5.41, 5.74) is 9.89. The molecule has 0 aliphatic heterocycles. The number of carbonyl (C=O) groups is 1. The third kappa shape index (κ3) is 6.66. The number of pyridine rings is 1. The molecule has 1 heterocycles. The number of aromatic nitrogens is 1. The minimum atomic E-state index is -0.512. The average molecular weight is 448 g/mol. The van der Waals surface area contributed by atoms with Gasteiger partial charge in [-0.3, -0.25) is 4.79 Å². The van der Waals surface area contributed by atoms with Crippen molar-refractivity contribution >= 4 is 23.2 Å². The molecule has 6 heteroatoms. The van der Waals surface area contributed by atoms with E-state index in [0.717, 1.165) is 16.7 Å². The van der Waals surface area contributed by atoms with Gasteiger partial charge in [0.15, 0.2) is 5.78 Å². The Bertz CT molecular complexity index is 1130. The molecular weight excluding hydrogens is 422 g/mol. The van der Waals surface area contributed by atoms with Crippen molar-refractivity contribution in [1.29, 1.82) is 0 Å². The summed E-state index contributed by atoms with van der Waals surface area (Å²) in [7, 11) is 3.78. The van der Waals surface area contributed by atoms with E-state index < -0.39 is 6.10 Å². The largest absolute Gasteiger partial charge is 0.392 e. The lowest BCUT2D eigenvalue weighted by molar-refractivity contribution is 0.0909. The van der Waals surface area contributed by atoms with Crippen molar-refractivity contribution in [3.05, 3.63) is 82.5 Å². The number of carbonyl (C=O) groups excluding carboxylic acids is 1. The summed E-state index contributed by atoms with van der Waals surface area (Å²) in [6.07, 6.45) is 1.94. The number of nitrogens with zero attached hydrogens (tertiary/aromatic N) is 2. The van der Waals surface area contributed by atoms with E-state index in [9.17, 15) is 9.90 Å². The number of benzene rings is 2. The van der Waals surface area contributed by atoms with Gasteiger partial charge in [0.2, 0.25) is 0 Å². The minimum Gasteiger partial charge on any atom is -0.392 e. The third-order valence-corrected chi connectivity index (χ3v) is 5.18. The Labute approximate surface area is 193 Å². The zero-order valence-corrected chi connectivity index (χ0v) is 18.9. The molecule has 3 N–H and O–H groups in total. The second kappa shape index (κ2) is 10.9. The molecule has 1 atom stereocenters. The van der Waals surface area contributed by atoms with Crippen molar-refractivity contribution in [3.63, 3.8) is 0 Å². The lowest BCUT2D eigenvalue weighted by atomic mass is 10.0. The van der Waals surface area contributed by atoms with Crippen LogP contribution in [0.15, 0.2) is 60.8 Å². The van der Waals surface area contributed by atoms with E-state index in [-0.39, 0.29) is 5.78 Å². The summed E-state index contributed by atoms with van der Waals surface area (Å²) < 4.78 is 0. The smallest absolute Gasteiger partial charge is 0.162 e. The number of hydrogen-bond acceptors (Lipinski definition) is 5. The highest BCUT2D eigenvalue weighted by atomic mass is 35.5. The number of ketones is 1. The predicted octanol–water partition coefficient (Wildman–Crippen LogP) is 4.27. The van der Waals surface area contributed by atoms with Crippen LogP contribution in [0.25, 0.3) is 11.1 Å². The Morgan fingerprint density at radius 3 is 2.44 bits per heavy atom. The molecule has 2 aromatic carbocycles. The van der Waals surface area contributed by atoms with Gasteiger partial charge in [-0.25, -0.2) is 4.98 Å². The maximum absolute atomic E-state index is 12.4. The van der Waals surface area contributed by atoms with Gasteiger partial charge in [-0.2, -0.15) is 0 Å². The molecule has 0 bridgehead atoms. The number of nitrogen functional groups attached to an aromatic ring is 1. The summed E-state index contributed by atoms with van der Waals surface area (Å²) in [5.74, 6) is 6.52. The Kier molecular flexibility index (Phi) is 8.02. The van der Waals surface area contributed by atoms with Crippen molar-refractivity contribution in [2.45, 2.75) is 18.9 Å². The first-order valence-electron chi connectivity index (χ1n) is 10.3. The van der Waals surface area contributed by atoms with Crippen LogP contribution in [0.2, 0.25) is 5.02 Å². The fourth-order valence-electron chi connectivity index (χ4n) is 3.21. The summed E-state index contributed by atoms with van der Waals surface area (Å²) in [5, 5.41) is 10.6. The molecule has 0 radical (unpaired) electrons. The molecule has 1 aromatic heterocycles. The van der Waals surface area contributed by atoms with Crippen LogP contribution in [0.4, 0.5) is 5.82 Å². The van der Waals surface area contributed by atoms with E-state index in [1.807, 2.05) is 61.5 Å². The van der Waals surface area contributed by atoms with Crippen molar-refractivity contribution in [2.24, 2.45) is 0 Å². The van der Waals surface area contributed by atoms with Crippen LogP contribution < -0.4 is 5.73 Å². The number of halogens is 1. The van der Waals surface area contributed by atoms with E-state index >= 15 is 0 Å². The molecule has 3 aromatic rings. The molecule has 0 aliphatic rings. The first kappa shape index (κ1) is 23.5. The molecule has 0 spiro atoms. The third-order valence-electron chi connectivity index (χ3n) is 4.92. The van der Waals surface area contributed by atoms with Crippen LogP contribution in [-0.4, -0.2) is 47.5 Å². The summed E-state index contributed by atoms with van der Waals surface area (Å²) in [6.45, 7) is 0.541. The molecule has 5 nitrogen and oxygen atoms in total. The van der Waals surface area contributed by atoms with Gasteiger partial charge in [0.1, 0.15) is 5.82 Å². The van der Waals surface area contributed by atoms with Gasteiger partial charge in [-0.15, -0.1) is 0 Å². The predicted molar refractivity (Wildman–Crippen MR) is 130 cm³/mol. The van der Waals surface area contributed by atoms with Crippen LogP contribution in [0, 0.1) is 11.8 Å². The zero-order chi connectivity index (χ0) is 23.1. The molecular formula is C26H26ClN3O2. The number of aliphatic hydroxyl groups is 1. The van der Waals surface area contributed by atoms with E-state index in [0.29, 0.717) is 41.4 Å². The Morgan fingerprint density at radius 1 is 1.09 bits per heavy atom. The van der Waals surface area contributed by atoms with Crippen LogP contribution in [0.1, 0.15) is 34.3 Å². The highest BCUT2D eigenvalue weighted by Gasteiger charge is 2.11. The number of rotatable bonds is 7. The zero-order valence-electron chi connectivity index (χ0n) is 18.2. The molecule has 0 saturated heterocycles.